The van der Waals surface area contributed by atoms with Gasteiger partial charge in [0.05, 0.1) is 5.69 Å². The summed E-state index contributed by atoms with van der Waals surface area (Å²) in [6.07, 6.45) is 9.08. The van der Waals surface area contributed by atoms with E-state index in [1.54, 1.807) is 12.3 Å². The second-order valence-electron chi connectivity index (χ2n) is 4.70. The number of carboxylic acid groups (broad SMARTS) is 1. The first-order valence-corrected chi connectivity index (χ1v) is 6.17. The van der Waals surface area contributed by atoms with Gasteiger partial charge in [-0.3, -0.25) is 0 Å². The topological polar surface area (TPSA) is 76.2 Å². The van der Waals surface area contributed by atoms with E-state index in [0.717, 1.165) is 18.4 Å². The maximum Gasteiger partial charge on any atom is 0.356 e. The van der Waals surface area contributed by atoms with Crippen LogP contribution in [0.2, 0.25) is 0 Å². The van der Waals surface area contributed by atoms with Gasteiger partial charge >= 0.3 is 5.97 Å². The second-order valence-corrected chi connectivity index (χ2v) is 4.70. The Morgan fingerprint density at radius 2 is 1.94 bits per heavy atom. The van der Waals surface area contributed by atoms with Crippen molar-refractivity contribution in [1.29, 1.82) is 0 Å². The largest absolute Gasteiger partial charge is 0.476 e. The number of rotatable bonds is 2. The maximum absolute atomic E-state index is 10.8. The highest BCUT2D eigenvalue weighted by atomic mass is 16.4. The fraction of sp³-hybridized carbons (Fsp3) is 0.538. The van der Waals surface area contributed by atoms with Crippen LogP contribution >= 0.6 is 0 Å². The third-order valence-electron chi connectivity index (χ3n) is 3.47. The van der Waals surface area contributed by atoms with Crippen LogP contribution in [0, 0.1) is 0 Å². The monoisotopic (exact) mass is 234 g/mol. The van der Waals surface area contributed by atoms with Crippen LogP contribution in [0.5, 0.6) is 0 Å². The van der Waals surface area contributed by atoms with Crippen molar-refractivity contribution in [3.05, 3.63) is 23.5 Å². The standard InChI is InChI=1S/C13H18N2O2/c14-11-7-10(8-15-12(11)13(16)17)9-5-3-1-2-4-6-9/h7-9H,1-6,14H2,(H,16,17). The zero-order chi connectivity index (χ0) is 12.3. The molecule has 1 saturated carbocycles. The number of nitrogen functional groups attached to an aromatic ring is 1. The predicted molar refractivity (Wildman–Crippen MR) is 66.1 cm³/mol. The van der Waals surface area contributed by atoms with Gasteiger partial charge in [0.15, 0.2) is 5.69 Å². The van der Waals surface area contributed by atoms with E-state index in [4.69, 9.17) is 10.8 Å². The SMILES string of the molecule is Nc1cc(C2CCCCCC2)cnc1C(=O)O. The van der Waals surface area contributed by atoms with Crippen molar-refractivity contribution in [2.24, 2.45) is 0 Å². The Hall–Kier alpha value is -1.58. The highest BCUT2D eigenvalue weighted by Crippen LogP contribution is 2.32. The van der Waals surface area contributed by atoms with Gasteiger partial charge in [0, 0.05) is 6.20 Å². The molecule has 92 valence electrons. The Kier molecular flexibility index (Phi) is 3.61. The first-order chi connectivity index (χ1) is 8.18. The van der Waals surface area contributed by atoms with Gasteiger partial charge in [-0.2, -0.15) is 0 Å². The van der Waals surface area contributed by atoms with E-state index in [2.05, 4.69) is 4.98 Å². The lowest BCUT2D eigenvalue weighted by molar-refractivity contribution is 0.0691. The highest BCUT2D eigenvalue weighted by Gasteiger charge is 2.17. The minimum absolute atomic E-state index is 0.0395. The summed E-state index contributed by atoms with van der Waals surface area (Å²) in [6.45, 7) is 0. The molecule has 1 aromatic heterocycles. The number of hydrogen-bond acceptors (Lipinski definition) is 3. The van der Waals surface area contributed by atoms with Crippen molar-refractivity contribution in [2.75, 3.05) is 5.73 Å². The van der Waals surface area contributed by atoms with E-state index >= 15 is 0 Å². The third kappa shape index (κ3) is 2.75. The molecule has 0 atom stereocenters. The number of aromatic carboxylic acids is 1. The van der Waals surface area contributed by atoms with Crippen LogP contribution in [0.3, 0.4) is 0 Å². The van der Waals surface area contributed by atoms with Crippen molar-refractivity contribution in [2.45, 2.75) is 44.4 Å². The van der Waals surface area contributed by atoms with Crippen LogP contribution in [0.1, 0.15) is 60.5 Å². The average molecular weight is 234 g/mol. The number of aromatic nitrogens is 1. The number of hydrogen-bond donors (Lipinski definition) is 2. The van der Waals surface area contributed by atoms with Crippen molar-refractivity contribution in [1.82, 2.24) is 4.98 Å². The number of anilines is 1. The summed E-state index contributed by atoms with van der Waals surface area (Å²) in [4.78, 5) is 14.8. The van der Waals surface area contributed by atoms with Crippen LogP contribution in [0.15, 0.2) is 12.3 Å². The molecule has 1 aromatic rings. The molecule has 1 fully saturated rings. The molecule has 2 rings (SSSR count). The van der Waals surface area contributed by atoms with Crippen LogP contribution < -0.4 is 5.73 Å². The zero-order valence-corrected chi connectivity index (χ0v) is 9.85. The van der Waals surface area contributed by atoms with Crippen LogP contribution in [0.25, 0.3) is 0 Å². The lowest BCUT2D eigenvalue weighted by atomic mass is 9.92. The van der Waals surface area contributed by atoms with Gasteiger partial charge < -0.3 is 10.8 Å². The Balaban J connectivity index is 2.21. The molecule has 4 nitrogen and oxygen atoms in total. The Labute approximate surface area is 101 Å². The van der Waals surface area contributed by atoms with Crippen molar-refractivity contribution in [3.63, 3.8) is 0 Å². The summed E-state index contributed by atoms with van der Waals surface area (Å²) in [7, 11) is 0. The Morgan fingerprint density at radius 3 is 2.47 bits per heavy atom. The molecule has 0 unspecified atom stereocenters. The van der Waals surface area contributed by atoms with Crippen LogP contribution in [-0.2, 0) is 0 Å². The molecule has 1 heterocycles. The summed E-state index contributed by atoms with van der Waals surface area (Å²) in [6, 6.07) is 1.78. The van der Waals surface area contributed by atoms with Gasteiger partial charge in [0.25, 0.3) is 0 Å². The third-order valence-corrected chi connectivity index (χ3v) is 3.47. The fourth-order valence-corrected chi connectivity index (χ4v) is 2.51. The molecule has 0 saturated heterocycles. The Bertz CT molecular complexity index is 410. The molecule has 1 aliphatic rings. The van der Waals surface area contributed by atoms with Gasteiger partial charge in [0.2, 0.25) is 0 Å². The number of pyridine rings is 1. The van der Waals surface area contributed by atoms with Gasteiger partial charge in [-0.05, 0) is 30.4 Å². The lowest BCUT2D eigenvalue weighted by Crippen LogP contribution is -2.08. The lowest BCUT2D eigenvalue weighted by Gasteiger charge is -2.14. The zero-order valence-electron chi connectivity index (χ0n) is 9.85. The minimum atomic E-state index is -1.06. The van der Waals surface area contributed by atoms with Crippen molar-refractivity contribution < 1.29 is 9.90 Å². The molecule has 3 N–H and O–H groups in total. The van der Waals surface area contributed by atoms with E-state index in [1.165, 1.54) is 25.7 Å². The van der Waals surface area contributed by atoms with E-state index in [1.807, 2.05) is 0 Å². The van der Waals surface area contributed by atoms with Crippen molar-refractivity contribution in [3.8, 4) is 0 Å². The molecule has 4 heteroatoms. The van der Waals surface area contributed by atoms with Crippen molar-refractivity contribution >= 4 is 11.7 Å². The smallest absolute Gasteiger partial charge is 0.356 e. The van der Waals surface area contributed by atoms with Crippen LogP contribution in [-0.4, -0.2) is 16.1 Å². The fourth-order valence-electron chi connectivity index (χ4n) is 2.51. The molecule has 0 aliphatic heterocycles. The highest BCUT2D eigenvalue weighted by molar-refractivity contribution is 5.91. The molecule has 0 bridgehead atoms. The van der Waals surface area contributed by atoms with Gasteiger partial charge in [-0.1, -0.05) is 25.7 Å². The molecule has 17 heavy (non-hydrogen) atoms. The Morgan fingerprint density at radius 1 is 1.29 bits per heavy atom. The summed E-state index contributed by atoms with van der Waals surface area (Å²) in [5.41, 5.74) is 7.05. The molecule has 0 aromatic carbocycles. The number of nitrogens with zero attached hydrogens (tertiary/aromatic N) is 1. The summed E-state index contributed by atoms with van der Waals surface area (Å²) in [5.74, 6) is -0.565. The quantitative estimate of drug-likeness (QED) is 0.771. The molecular weight excluding hydrogens is 216 g/mol. The van der Waals surface area contributed by atoms with Gasteiger partial charge in [-0.25, -0.2) is 9.78 Å². The summed E-state index contributed by atoms with van der Waals surface area (Å²) >= 11 is 0. The van der Waals surface area contributed by atoms with Gasteiger partial charge in [0.1, 0.15) is 0 Å². The second kappa shape index (κ2) is 5.17. The van der Waals surface area contributed by atoms with E-state index < -0.39 is 5.97 Å². The molecule has 0 spiro atoms. The molecule has 1 aliphatic carbocycles. The minimum Gasteiger partial charge on any atom is -0.476 e. The van der Waals surface area contributed by atoms with Crippen LogP contribution in [0.4, 0.5) is 5.69 Å². The van der Waals surface area contributed by atoms with E-state index in [-0.39, 0.29) is 11.4 Å². The number of nitrogens with two attached hydrogens (primary N) is 1. The summed E-state index contributed by atoms with van der Waals surface area (Å²) in [5, 5.41) is 8.87. The van der Waals surface area contributed by atoms with E-state index in [0.29, 0.717) is 5.92 Å². The number of carbonyl (C=O) groups is 1. The average Bonchev–Trinajstić information content (AvgIpc) is 2.56. The number of carboxylic acids is 1. The first kappa shape index (κ1) is 11.9. The predicted octanol–water partition coefficient (Wildman–Crippen LogP) is 2.80. The molecule has 0 amide bonds. The van der Waals surface area contributed by atoms with E-state index in [9.17, 15) is 4.79 Å². The molecule has 0 radical (unpaired) electrons. The maximum atomic E-state index is 10.8. The summed E-state index contributed by atoms with van der Waals surface area (Å²) < 4.78 is 0. The van der Waals surface area contributed by atoms with Gasteiger partial charge in [-0.15, -0.1) is 0 Å². The normalized spacial score (nSPS) is 17.6. The first-order valence-electron chi connectivity index (χ1n) is 6.17. The molecular formula is C13H18N2O2.